The molecule has 3 N–H and O–H groups in total. The minimum Gasteiger partial charge on any atom is -0.396 e. The van der Waals surface area contributed by atoms with Gasteiger partial charge in [0.25, 0.3) is 0 Å². The SMILES string of the molecule is CCNC(=NCC1(CCO)CCCCC1)NCCS(=O)Cc1ccccc1. The van der Waals surface area contributed by atoms with Gasteiger partial charge in [0, 0.05) is 48.5 Å². The number of rotatable bonds is 10. The van der Waals surface area contributed by atoms with Gasteiger partial charge in [-0.2, -0.15) is 0 Å². The van der Waals surface area contributed by atoms with Crippen LogP contribution >= 0.6 is 0 Å². The Kier molecular flexibility index (Phi) is 9.84. The van der Waals surface area contributed by atoms with E-state index in [2.05, 4.69) is 17.6 Å². The third kappa shape index (κ3) is 8.01. The predicted octanol–water partition coefficient (Wildman–Crippen LogP) is 2.82. The molecule has 0 aromatic heterocycles. The van der Waals surface area contributed by atoms with E-state index in [4.69, 9.17) is 4.99 Å². The quantitative estimate of drug-likeness (QED) is 0.422. The molecule has 1 aromatic carbocycles. The zero-order valence-electron chi connectivity index (χ0n) is 16.6. The summed E-state index contributed by atoms with van der Waals surface area (Å²) in [5.41, 5.74) is 1.26. The van der Waals surface area contributed by atoms with Gasteiger partial charge in [-0.1, -0.05) is 49.6 Å². The van der Waals surface area contributed by atoms with Crippen LogP contribution in [0.3, 0.4) is 0 Å². The summed E-state index contributed by atoms with van der Waals surface area (Å²) in [5.74, 6) is 1.98. The van der Waals surface area contributed by atoms with Crippen LogP contribution in [0.1, 0.15) is 51.0 Å². The lowest BCUT2D eigenvalue weighted by molar-refractivity contribution is 0.137. The Morgan fingerprint density at radius 1 is 1.19 bits per heavy atom. The summed E-state index contributed by atoms with van der Waals surface area (Å²) in [4.78, 5) is 4.79. The molecule has 0 amide bonds. The maximum absolute atomic E-state index is 12.3. The molecule has 6 heteroatoms. The van der Waals surface area contributed by atoms with Crippen LogP contribution in [0.4, 0.5) is 0 Å². The Morgan fingerprint density at radius 3 is 2.59 bits per heavy atom. The van der Waals surface area contributed by atoms with E-state index in [0.717, 1.165) is 43.9 Å². The van der Waals surface area contributed by atoms with Gasteiger partial charge in [0.1, 0.15) is 0 Å². The molecule has 1 aliphatic rings. The number of guanidine groups is 1. The summed E-state index contributed by atoms with van der Waals surface area (Å²) in [7, 11) is -0.889. The smallest absolute Gasteiger partial charge is 0.191 e. The van der Waals surface area contributed by atoms with Gasteiger partial charge >= 0.3 is 0 Å². The molecule has 0 aliphatic heterocycles. The van der Waals surface area contributed by atoms with Crippen molar-refractivity contribution in [2.75, 3.05) is 32.0 Å². The maximum Gasteiger partial charge on any atom is 0.191 e. The van der Waals surface area contributed by atoms with Crippen LogP contribution in [-0.4, -0.2) is 47.3 Å². The summed E-state index contributed by atoms with van der Waals surface area (Å²) >= 11 is 0. The van der Waals surface area contributed by atoms with Gasteiger partial charge in [-0.3, -0.25) is 9.20 Å². The van der Waals surface area contributed by atoms with Gasteiger partial charge in [0.05, 0.1) is 0 Å². The average molecular weight is 394 g/mol. The molecule has 0 saturated heterocycles. The second kappa shape index (κ2) is 12.1. The first-order valence-corrected chi connectivity index (χ1v) is 11.7. The summed E-state index contributed by atoms with van der Waals surface area (Å²) < 4.78 is 12.3. The lowest BCUT2D eigenvalue weighted by Crippen LogP contribution is -2.40. The molecular formula is C21H35N3O2S. The molecule has 0 bridgehead atoms. The minimum absolute atomic E-state index is 0.144. The largest absolute Gasteiger partial charge is 0.396 e. The highest BCUT2D eigenvalue weighted by molar-refractivity contribution is 7.84. The topological polar surface area (TPSA) is 73.7 Å². The van der Waals surface area contributed by atoms with Crippen LogP contribution < -0.4 is 10.6 Å². The number of aliphatic hydroxyl groups excluding tert-OH is 1. The van der Waals surface area contributed by atoms with Crippen molar-refractivity contribution in [3.8, 4) is 0 Å². The van der Waals surface area contributed by atoms with Gasteiger partial charge in [-0.05, 0) is 37.2 Å². The first-order valence-electron chi connectivity index (χ1n) is 10.2. The number of hydrogen-bond acceptors (Lipinski definition) is 3. The lowest BCUT2D eigenvalue weighted by atomic mass is 9.72. The van der Waals surface area contributed by atoms with Gasteiger partial charge < -0.3 is 15.7 Å². The highest BCUT2D eigenvalue weighted by Gasteiger charge is 2.31. The van der Waals surface area contributed by atoms with Crippen LogP contribution in [0.15, 0.2) is 35.3 Å². The summed E-state index contributed by atoms with van der Waals surface area (Å²) in [6, 6.07) is 9.97. The van der Waals surface area contributed by atoms with E-state index in [9.17, 15) is 9.32 Å². The van der Waals surface area contributed by atoms with Crippen molar-refractivity contribution in [2.24, 2.45) is 10.4 Å². The third-order valence-electron chi connectivity index (χ3n) is 5.27. The van der Waals surface area contributed by atoms with Crippen molar-refractivity contribution in [3.05, 3.63) is 35.9 Å². The van der Waals surface area contributed by atoms with Crippen LogP contribution in [-0.2, 0) is 16.6 Å². The van der Waals surface area contributed by atoms with E-state index in [0.29, 0.717) is 18.1 Å². The number of aliphatic imine (C=N–C) groups is 1. The Labute approximate surface area is 166 Å². The molecule has 27 heavy (non-hydrogen) atoms. The predicted molar refractivity (Wildman–Crippen MR) is 114 cm³/mol. The van der Waals surface area contributed by atoms with E-state index in [1.165, 1.54) is 19.3 Å². The van der Waals surface area contributed by atoms with Crippen molar-refractivity contribution >= 4 is 16.8 Å². The van der Waals surface area contributed by atoms with Gasteiger partial charge in [-0.25, -0.2) is 0 Å². The molecule has 1 aromatic rings. The molecule has 1 unspecified atom stereocenters. The van der Waals surface area contributed by atoms with Gasteiger partial charge in [0.15, 0.2) is 5.96 Å². The monoisotopic (exact) mass is 393 g/mol. The number of nitrogens with one attached hydrogen (secondary N) is 2. The molecule has 1 fully saturated rings. The number of nitrogens with zero attached hydrogens (tertiary/aromatic N) is 1. The highest BCUT2D eigenvalue weighted by Crippen LogP contribution is 2.39. The van der Waals surface area contributed by atoms with Crippen LogP contribution in [0.25, 0.3) is 0 Å². The fourth-order valence-electron chi connectivity index (χ4n) is 3.73. The zero-order chi connectivity index (χ0) is 19.4. The summed E-state index contributed by atoms with van der Waals surface area (Å²) in [6.45, 7) is 4.47. The molecule has 5 nitrogen and oxygen atoms in total. The summed E-state index contributed by atoms with van der Waals surface area (Å²) in [5, 5.41) is 16.1. The average Bonchev–Trinajstić information content (AvgIpc) is 2.68. The van der Waals surface area contributed by atoms with Crippen LogP contribution in [0.2, 0.25) is 0 Å². The Balaban J connectivity index is 1.82. The van der Waals surface area contributed by atoms with E-state index < -0.39 is 10.8 Å². The molecule has 0 radical (unpaired) electrons. The number of aliphatic hydroxyl groups is 1. The number of hydrogen-bond donors (Lipinski definition) is 3. The Morgan fingerprint density at radius 2 is 1.93 bits per heavy atom. The molecule has 1 aliphatic carbocycles. The molecule has 0 spiro atoms. The van der Waals surface area contributed by atoms with Gasteiger partial charge in [0.2, 0.25) is 0 Å². The summed E-state index contributed by atoms with van der Waals surface area (Å²) in [6.07, 6.45) is 6.89. The lowest BCUT2D eigenvalue weighted by Gasteiger charge is -2.35. The van der Waals surface area contributed by atoms with E-state index >= 15 is 0 Å². The standard InChI is InChI=1S/C21H35N3O2S/c1-2-22-20(24-18-21(13-15-25)11-7-4-8-12-21)23-14-16-27(26)17-19-9-5-3-6-10-19/h3,5-6,9-10,25H,2,4,7-8,11-18H2,1H3,(H2,22,23,24). The molecule has 1 saturated carbocycles. The van der Waals surface area contributed by atoms with Crippen molar-refractivity contribution in [1.82, 2.24) is 10.6 Å². The molecule has 152 valence electrons. The van der Waals surface area contributed by atoms with Crippen molar-refractivity contribution in [3.63, 3.8) is 0 Å². The molecular weight excluding hydrogens is 358 g/mol. The molecule has 1 atom stereocenters. The Bertz CT molecular complexity index is 581. The third-order valence-corrected chi connectivity index (χ3v) is 6.58. The Hall–Kier alpha value is -1.40. The van der Waals surface area contributed by atoms with Crippen molar-refractivity contribution < 1.29 is 9.32 Å². The molecule has 2 rings (SSSR count). The highest BCUT2D eigenvalue weighted by atomic mass is 32.2. The maximum atomic E-state index is 12.3. The molecule has 0 heterocycles. The van der Waals surface area contributed by atoms with E-state index in [1.54, 1.807) is 0 Å². The first-order chi connectivity index (χ1) is 13.2. The second-order valence-corrected chi connectivity index (χ2v) is 9.01. The van der Waals surface area contributed by atoms with E-state index in [1.807, 2.05) is 30.3 Å². The zero-order valence-corrected chi connectivity index (χ0v) is 17.4. The fraction of sp³-hybridized carbons (Fsp3) is 0.667. The van der Waals surface area contributed by atoms with Gasteiger partial charge in [-0.15, -0.1) is 0 Å². The van der Waals surface area contributed by atoms with Crippen molar-refractivity contribution in [1.29, 1.82) is 0 Å². The minimum atomic E-state index is -0.889. The van der Waals surface area contributed by atoms with Crippen LogP contribution in [0, 0.1) is 5.41 Å². The first kappa shape index (κ1) is 21.9. The second-order valence-electron chi connectivity index (χ2n) is 7.43. The van der Waals surface area contributed by atoms with E-state index in [-0.39, 0.29) is 12.0 Å². The number of benzene rings is 1. The fourth-order valence-corrected chi connectivity index (χ4v) is 4.77. The van der Waals surface area contributed by atoms with Crippen molar-refractivity contribution in [2.45, 2.75) is 51.2 Å². The van der Waals surface area contributed by atoms with Crippen LogP contribution in [0.5, 0.6) is 0 Å². The normalized spacial score (nSPS) is 18.1.